The third-order valence-electron chi connectivity index (χ3n) is 1.98. The van der Waals surface area contributed by atoms with Crippen LogP contribution in [0.15, 0.2) is 36.4 Å². The second kappa shape index (κ2) is 4.61. The molecule has 0 bridgehead atoms. The first-order chi connectivity index (χ1) is 6.25. The zero-order chi connectivity index (χ0) is 9.68. The molecule has 0 aromatic heterocycles. The van der Waals surface area contributed by atoms with Crippen LogP contribution >= 0.6 is 0 Å². The summed E-state index contributed by atoms with van der Waals surface area (Å²) >= 11 is 0. The fourth-order valence-corrected chi connectivity index (χ4v) is 1.33. The van der Waals surface area contributed by atoms with Gasteiger partial charge in [0.15, 0.2) is 0 Å². The predicted octanol–water partition coefficient (Wildman–Crippen LogP) is 2.92. The minimum absolute atomic E-state index is 0.382. The van der Waals surface area contributed by atoms with Crippen molar-refractivity contribution in [3.05, 3.63) is 42.0 Å². The van der Waals surface area contributed by atoms with Crippen LogP contribution < -0.4 is 0 Å². The van der Waals surface area contributed by atoms with Crippen LogP contribution in [0.3, 0.4) is 0 Å². The molecule has 0 aliphatic heterocycles. The van der Waals surface area contributed by atoms with Gasteiger partial charge in [0, 0.05) is 0 Å². The Morgan fingerprint density at radius 3 is 2.31 bits per heavy atom. The van der Waals surface area contributed by atoms with Gasteiger partial charge in [-0.25, -0.2) is 0 Å². The minimum Gasteiger partial charge on any atom is -0.299 e. The maximum absolute atomic E-state index is 10.4. The molecular formula is C12H14O. The summed E-state index contributed by atoms with van der Waals surface area (Å²) in [6.07, 6.45) is 2.49. The van der Waals surface area contributed by atoms with Crippen molar-refractivity contribution in [2.24, 2.45) is 5.92 Å². The number of hydrogen-bond donors (Lipinski definition) is 0. The maximum atomic E-state index is 10.4. The van der Waals surface area contributed by atoms with Crippen molar-refractivity contribution in [1.29, 1.82) is 0 Å². The SMILES string of the molecule is CC(C)/C(=C\C=O)c1ccccc1. The van der Waals surface area contributed by atoms with Gasteiger partial charge in [0.2, 0.25) is 0 Å². The van der Waals surface area contributed by atoms with Crippen LogP contribution in [-0.4, -0.2) is 6.29 Å². The topological polar surface area (TPSA) is 17.1 Å². The van der Waals surface area contributed by atoms with Crippen molar-refractivity contribution in [1.82, 2.24) is 0 Å². The lowest BCUT2D eigenvalue weighted by Gasteiger charge is -2.09. The molecule has 0 atom stereocenters. The summed E-state index contributed by atoms with van der Waals surface area (Å²) in [7, 11) is 0. The van der Waals surface area contributed by atoms with Crippen molar-refractivity contribution in [3.63, 3.8) is 0 Å². The standard InChI is InChI=1S/C12H14O/c1-10(2)12(8-9-13)11-6-4-3-5-7-11/h3-10H,1-2H3/b12-8+. The molecule has 0 amide bonds. The summed E-state index contributed by atoms with van der Waals surface area (Å²) in [6.45, 7) is 4.17. The Kier molecular flexibility index (Phi) is 3.44. The number of benzene rings is 1. The van der Waals surface area contributed by atoms with Crippen molar-refractivity contribution in [2.45, 2.75) is 13.8 Å². The molecule has 0 heterocycles. The molecule has 1 aromatic rings. The Hall–Kier alpha value is -1.37. The van der Waals surface area contributed by atoms with Crippen molar-refractivity contribution < 1.29 is 4.79 Å². The van der Waals surface area contributed by atoms with Gasteiger partial charge >= 0.3 is 0 Å². The van der Waals surface area contributed by atoms with E-state index < -0.39 is 0 Å². The van der Waals surface area contributed by atoms with E-state index in [2.05, 4.69) is 13.8 Å². The number of rotatable bonds is 3. The number of carbonyl (C=O) groups is 1. The van der Waals surface area contributed by atoms with E-state index in [1.54, 1.807) is 6.08 Å². The van der Waals surface area contributed by atoms with Gasteiger partial charge in [0.05, 0.1) is 0 Å². The lowest BCUT2D eigenvalue weighted by Crippen LogP contribution is -1.93. The van der Waals surface area contributed by atoms with Gasteiger partial charge < -0.3 is 0 Å². The number of carbonyl (C=O) groups excluding carboxylic acids is 1. The molecule has 0 saturated carbocycles. The molecule has 0 saturated heterocycles. The van der Waals surface area contributed by atoms with E-state index in [-0.39, 0.29) is 0 Å². The summed E-state index contributed by atoms with van der Waals surface area (Å²) in [5, 5.41) is 0. The highest BCUT2D eigenvalue weighted by Crippen LogP contribution is 2.21. The highest BCUT2D eigenvalue weighted by molar-refractivity contribution is 5.82. The van der Waals surface area contributed by atoms with Crippen molar-refractivity contribution in [3.8, 4) is 0 Å². The molecule has 0 unspecified atom stereocenters. The summed E-state index contributed by atoms with van der Waals surface area (Å²) in [6, 6.07) is 9.99. The molecule has 1 nitrogen and oxygen atoms in total. The molecule has 0 fully saturated rings. The lowest BCUT2D eigenvalue weighted by atomic mass is 9.95. The number of hydrogen-bond acceptors (Lipinski definition) is 1. The van der Waals surface area contributed by atoms with Crippen molar-refractivity contribution >= 4 is 11.9 Å². The zero-order valence-electron chi connectivity index (χ0n) is 8.03. The first-order valence-corrected chi connectivity index (χ1v) is 4.46. The van der Waals surface area contributed by atoms with Crippen LogP contribution in [0.2, 0.25) is 0 Å². The van der Waals surface area contributed by atoms with E-state index >= 15 is 0 Å². The molecule has 0 spiro atoms. The van der Waals surface area contributed by atoms with Crippen LogP contribution in [0.4, 0.5) is 0 Å². The Bertz CT molecular complexity index is 296. The summed E-state index contributed by atoms with van der Waals surface area (Å²) in [5.41, 5.74) is 2.22. The van der Waals surface area contributed by atoms with Crippen LogP contribution in [0.25, 0.3) is 5.57 Å². The molecule has 1 aromatic carbocycles. The Morgan fingerprint density at radius 2 is 1.85 bits per heavy atom. The Morgan fingerprint density at radius 1 is 1.23 bits per heavy atom. The second-order valence-corrected chi connectivity index (χ2v) is 3.28. The first-order valence-electron chi connectivity index (χ1n) is 4.46. The fraction of sp³-hybridized carbons (Fsp3) is 0.250. The van der Waals surface area contributed by atoms with E-state index in [4.69, 9.17) is 0 Å². The molecule has 0 aliphatic rings. The van der Waals surface area contributed by atoms with Crippen LogP contribution in [0.1, 0.15) is 19.4 Å². The third-order valence-corrected chi connectivity index (χ3v) is 1.98. The van der Waals surface area contributed by atoms with Gasteiger partial charge in [0.1, 0.15) is 6.29 Å². The van der Waals surface area contributed by atoms with Gasteiger partial charge in [-0.05, 0) is 23.1 Å². The average molecular weight is 174 g/mol. The molecule has 68 valence electrons. The van der Waals surface area contributed by atoms with Gasteiger partial charge in [-0.3, -0.25) is 4.79 Å². The Balaban J connectivity index is 3.03. The van der Waals surface area contributed by atoms with Gasteiger partial charge in [-0.15, -0.1) is 0 Å². The Labute approximate surface area is 79.1 Å². The van der Waals surface area contributed by atoms with Crippen molar-refractivity contribution in [2.75, 3.05) is 0 Å². The van der Waals surface area contributed by atoms with Crippen LogP contribution in [-0.2, 0) is 4.79 Å². The number of aldehydes is 1. The van der Waals surface area contributed by atoms with Gasteiger partial charge in [-0.1, -0.05) is 44.2 Å². The highest BCUT2D eigenvalue weighted by atomic mass is 16.1. The van der Waals surface area contributed by atoms with E-state index in [0.29, 0.717) is 5.92 Å². The van der Waals surface area contributed by atoms with E-state index in [1.165, 1.54) is 0 Å². The number of allylic oxidation sites excluding steroid dienone is 2. The lowest BCUT2D eigenvalue weighted by molar-refractivity contribution is -0.104. The third kappa shape index (κ3) is 2.55. The smallest absolute Gasteiger partial charge is 0.143 e. The maximum Gasteiger partial charge on any atom is 0.143 e. The predicted molar refractivity (Wildman–Crippen MR) is 55.3 cm³/mol. The highest BCUT2D eigenvalue weighted by Gasteiger charge is 2.04. The quantitative estimate of drug-likeness (QED) is 0.508. The monoisotopic (exact) mass is 174 g/mol. The molecular weight excluding hydrogens is 160 g/mol. The molecule has 0 radical (unpaired) electrons. The summed E-state index contributed by atoms with van der Waals surface area (Å²) in [4.78, 5) is 10.4. The molecule has 1 rings (SSSR count). The van der Waals surface area contributed by atoms with Crippen LogP contribution in [0.5, 0.6) is 0 Å². The fourth-order valence-electron chi connectivity index (χ4n) is 1.33. The summed E-state index contributed by atoms with van der Waals surface area (Å²) in [5.74, 6) is 0.382. The molecule has 0 aliphatic carbocycles. The van der Waals surface area contributed by atoms with Gasteiger partial charge in [-0.2, -0.15) is 0 Å². The van der Waals surface area contributed by atoms with E-state index in [0.717, 1.165) is 17.4 Å². The second-order valence-electron chi connectivity index (χ2n) is 3.28. The first kappa shape index (κ1) is 9.72. The van der Waals surface area contributed by atoms with E-state index in [1.807, 2.05) is 30.3 Å². The van der Waals surface area contributed by atoms with E-state index in [9.17, 15) is 4.79 Å². The van der Waals surface area contributed by atoms with Gasteiger partial charge in [0.25, 0.3) is 0 Å². The molecule has 0 N–H and O–H groups in total. The average Bonchev–Trinajstić information content (AvgIpc) is 2.15. The summed E-state index contributed by atoms with van der Waals surface area (Å²) < 4.78 is 0. The minimum atomic E-state index is 0.382. The normalized spacial score (nSPS) is 11.8. The van der Waals surface area contributed by atoms with Crippen LogP contribution in [0, 0.1) is 5.92 Å². The zero-order valence-corrected chi connectivity index (χ0v) is 8.03. The molecule has 13 heavy (non-hydrogen) atoms. The largest absolute Gasteiger partial charge is 0.299 e. The molecule has 1 heteroatoms.